The lowest BCUT2D eigenvalue weighted by Crippen LogP contribution is -2.43. The van der Waals surface area contributed by atoms with Crippen LogP contribution >= 0.6 is 11.6 Å². The second-order valence-electron chi connectivity index (χ2n) is 4.57. The van der Waals surface area contributed by atoms with Crippen molar-refractivity contribution in [3.63, 3.8) is 0 Å². The number of hydrogen-bond acceptors (Lipinski definition) is 3. The Labute approximate surface area is 117 Å². The maximum absolute atomic E-state index is 13.1. The summed E-state index contributed by atoms with van der Waals surface area (Å²) in [5, 5.41) is 3.25. The summed E-state index contributed by atoms with van der Waals surface area (Å²) in [6.45, 7) is 1.18. The molecule has 0 spiro atoms. The predicted molar refractivity (Wildman–Crippen MR) is 72.2 cm³/mol. The molecule has 7 heteroatoms. The van der Waals surface area contributed by atoms with Crippen LogP contribution < -0.4 is 10.0 Å². The summed E-state index contributed by atoms with van der Waals surface area (Å²) < 4.78 is 39.7. The lowest BCUT2D eigenvalue weighted by Gasteiger charge is -2.23. The second-order valence-corrected chi connectivity index (χ2v) is 6.72. The topological polar surface area (TPSA) is 58.2 Å². The fourth-order valence-corrected chi connectivity index (χ4v) is 3.66. The van der Waals surface area contributed by atoms with Gasteiger partial charge in [0.05, 0.1) is 5.02 Å². The van der Waals surface area contributed by atoms with E-state index in [1.165, 1.54) is 6.07 Å². The molecule has 1 aliphatic heterocycles. The molecule has 0 saturated carbocycles. The Bertz CT molecular complexity index is 545. The smallest absolute Gasteiger partial charge is 0.242 e. The third kappa shape index (κ3) is 3.89. The van der Waals surface area contributed by atoms with Crippen molar-refractivity contribution < 1.29 is 12.8 Å². The Morgan fingerprint density at radius 3 is 2.89 bits per heavy atom. The largest absolute Gasteiger partial charge is 0.313 e. The second kappa shape index (κ2) is 6.17. The summed E-state index contributed by atoms with van der Waals surface area (Å²) in [5.74, 6) is -0.624. The van der Waals surface area contributed by atoms with E-state index in [0.717, 1.165) is 37.9 Å². The van der Waals surface area contributed by atoms with Gasteiger partial charge in [0.1, 0.15) is 10.7 Å². The van der Waals surface area contributed by atoms with Crippen LogP contribution in [0.5, 0.6) is 0 Å². The average molecular weight is 307 g/mol. The summed E-state index contributed by atoms with van der Waals surface area (Å²) in [6, 6.07) is 3.42. The van der Waals surface area contributed by atoms with Crippen molar-refractivity contribution >= 4 is 21.6 Å². The van der Waals surface area contributed by atoms with E-state index in [9.17, 15) is 12.8 Å². The SMILES string of the molecule is O=S(=O)(NCC1CCCCN1)c1cc(F)ccc1Cl. The summed E-state index contributed by atoms with van der Waals surface area (Å²) in [7, 11) is -3.77. The zero-order valence-electron chi connectivity index (χ0n) is 10.3. The van der Waals surface area contributed by atoms with Crippen molar-refractivity contribution in [3.05, 3.63) is 29.0 Å². The average Bonchev–Trinajstić information content (AvgIpc) is 2.40. The van der Waals surface area contributed by atoms with E-state index in [1.54, 1.807) is 0 Å². The zero-order chi connectivity index (χ0) is 13.9. The van der Waals surface area contributed by atoms with Gasteiger partial charge >= 0.3 is 0 Å². The number of piperidine rings is 1. The number of hydrogen-bond donors (Lipinski definition) is 2. The van der Waals surface area contributed by atoms with Crippen LogP contribution in [0, 0.1) is 5.82 Å². The van der Waals surface area contributed by atoms with Gasteiger partial charge < -0.3 is 5.32 Å². The molecule has 1 unspecified atom stereocenters. The van der Waals surface area contributed by atoms with E-state index < -0.39 is 15.8 Å². The number of benzene rings is 1. The minimum atomic E-state index is -3.77. The van der Waals surface area contributed by atoms with Crippen LogP contribution in [0.2, 0.25) is 5.02 Å². The Morgan fingerprint density at radius 1 is 1.42 bits per heavy atom. The van der Waals surface area contributed by atoms with Crippen LogP contribution in [-0.2, 0) is 10.0 Å². The highest BCUT2D eigenvalue weighted by Crippen LogP contribution is 2.22. The minimum absolute atomic E-state index is 0.0190. The molecule has 19 heavy (non-hydrogen) atoms. The molecule has 0 aromatic heterocycles. The monoisotopic (exact) mass is 306 g/mol. The molecule has 1 fully saturated rings. The number of nitrogens with one attached hydrogen (secondary N) is 2. The summed E-state index contributed by atoms with van der Waals surface area (Å²) in [6.07, 6.45) is 3.12. The summed E-state index contributed by atoms with van der Waals surface area (Å²) in [5.41, 5.74) is 0. The first kappa shape index (κ1) is 14.7. The number of halogens is 2. The lowest BCUT2D eigenvalue weighted by molar-refractivity contribution is 0.398. The van der Waals surface area contributed by atoms with Crippen molar-refractivity contribution in [1.29, 1.82) is 0 Å². The fourth-order valence-electron chi connectivity index (χ4n) is 2.07. The van der Waals surface area contributed by atoms with Crippen molar-refractivity contribution in [2.24, 2.45) is 0 Å². The molecule has 2 rings (SSSR count). The first-order valence-corrected chi connectivity index (χ1v) is 8.03. The highest BCUT2D eigenvalue weighted by atomic mass is 35.5. The quantitative estimate of drug-likeness (QED) is 0.893. The normalized spacial score (nSPS) is 20.4. The highest BCUT2D eigenvalue weighted by molar-refractivity contribution is 7.89. The molecule has 1 aliphatic rings. The molecule has 0 aliphatic carbocycles. The lowest BCUT2D eigenvalue weighted by atomic mass is 10.1. The molecule has 1 aromatic rings. The highest BCUT2D eigenvalue weighted by Gasteiger charge is 2.21. The van der Waals surface area contributed by atoms with Gasteiger partial charge in [-0.3, -0.25) is 0 Å². The van der Waals surface area contributed by atoms with Crippen LogP contribution in [-0.4, -0.2) is 27.5 Å². The summed E-state index contributed by atoms with van der Waals surface area (Å²) in [4.78, 5) is -0.218. The Morgan fingerprint density at radius 2 is 2.21 bits per heavy atom. The van der Waals surface area contributed by atoms with Crippen LogP contribution in [0.15, 0.2) is 23.1 Å². The molecule has 106 valence electrons. The van der Waals surface area contributed by atoms with Crippen LogP contribution in [0.1, 0.15) is 19.3 Å². The van der Waals surface area contributed by atoms with Crippen molar-refractivity contribution in [2.45, 2.75) is 30.2 Å². The summed E-state index contributed by atoms with van der Waals surface area (Å²) >= 11 is 5.80. The van der Waals surface area contributed by atoms with E-state index in [1.807, 2.05) is 0 Å². The van der Waals surface area contributed by atoms with Gasteiger partial charge in [-0.25, -0.2) is 17.5 Å². The van der Waals surface area contributed by atoms with E-state index in [0.29, 0.717) is 0 Å². The molecule has 1 heterocycles. The van der Waals surface area contributed by atoms with E-state index >= 15 is 0 Å². The van der Waals surface area contributed by atoms with Gasteiger partial charge in [0.25, 0.3) is 0 Å². The van der Waals surface area contributed by atoms with Gasteiger partial charge in [0.15, 0.2) is 0 Å². The Balaban J connectivity index is 2.07. The van der Waals surface area contributed by atoms with Gasteiger partial charge in [-0.15, -0.1) is 0 Å². The van der Waals surface area contributed by atoms with Crippen LogP contribution in [0.3, 0.4) is 0 Å². The molecule has 0 radical (unpaired) electrons. The molecular formula is C12H16ClFN2O2S. The number of sulfonamides is 1. The van der Waals surface area contributed by atoms with Crippen molar-refractivity contribution in [1.82, 2.24) is 10.0 Å². The van der Waals surface area contributed by atoms with Gasteiger partial charge in [-0.05, 0) is 37.6 Å². The fraction of sp³-hybridized carbons (Fsp3) is 0.500. The minimum Gasteiger partial charge on any atom is -0.313 e. The third-order valence-corrected chi connectivity index (χ3v) is 5.02. The van der Waals surface area contributed by atoms with Crippen LogP contribution in [0.25, 0.3) is 0 Å². The Kier molecular flexibility index (Phi) is 4.78. The molecular weight excluding hydrogens is 291 g/mol. The molecule has 0 amide bonds. The molecule has 2 N–H and O–H groups in total. The van der Waals surface area contributed by atoms with Gasteiger partial charge in [0, 0.05) is 12.6 Å². The molecule has 1 atom stereocenters. The van der Waals surface area contributed by atoms with Crippen molar-refractivity contribution in [3.8, 4) is 0 Å². The molecule has 1 saturated heterocycles. The van der Waals surface area contributed by atoms with Crippen LogP contribution in [0.4, 0.5) is 4.39 Å². The molecule has 4 nitrogen and oxygen atoms in total. The molecule has 0 bridgehead atoms. The van der Waals surface area contributed by atoms with Crippen molar-refractivity contribution in [2.75, 3.05) is 13.1 Å². The number of rotatable bonds is 4. The third-order valence-electron chi connectivity index (χ3n) is 3.11. The maximum atomic E-state index is 13.1. The van der Waals surface area contributed by atoms with Gasteiger partial charge in [-0.2, -0.15) is 0 Å². The zero-order valence-corrected chi connectivity index (χ0v) is 11.9. The standard InChI is InChI=1S/C12H16ClFN2O2S/c13-11-5-4-9(14)7-12(11)19(17,18)16-8-10-3-1-2-6-15-10/h4-5,7,10,15-16H,1-3,6,8H2. The predicted octanol–water partition coefficient (Wildman–Crippen LogP) is 1.90. The maximum Gasteiger partial charge on any atom is 0.242 e. The van der Waals surface area contributed by atoms with E-state index in [-0.39, 0.29) is 22.5 Å². The first-order valence-electron chi connectivity index (χ1n) is 6.17. The van der Waals surface area contributed by atoms with E-state index in [4.69, 9.17) is 11.6 Å². The Hall–Kier alpha value is -0.690. The van der Waals surface area contributed by atoms with Gasteiger partial charge in [0.2, 0.25) is 10.0 Å². The van der Waals surface area contributed by atoms with Gasteiger partial charge in [-0.1, -0.05) is 18.0 Å². The first-order chi connectivity index (χ1) is 8.99. The molecule has 1 aromatic carbocycles. The van der Waals surface area contributed by atoms with E-state index in [2.05, 4.69) is 10.0 Å².